The first kappa shape index (κ1) is 27.1. The van der Waals surface area contributed by atoms with Gasteiger partial charge in [0.15, 0.2) is 11.8 Å². The molecule has 202 valence electrons. The Kier molecular flexibility index (Phi) is 7.61. The van der Waals surface area contributed by atoms with E-state index in [1.54, 1.807) is 6.07 Å². The molecule has 6 nitrogen and oxygen atoms in total. The van der Waals surface area contributed by atoms with Gasteiger partial charge in [0, 0.05) is 24.2 Å². The molecule has 0 radical (unpaired) electrons. The Morgan fingerprint density at radius 3 is 2.35 bits per heavy atom. The molecule has 3 unspecified atom stereocenters. The van der Waals surface area contributed by atoms with E-state index in [2.05, 4.69) is 10.6 Å². The van der Waals surface area contributed by atoms with Gasteiger partial charge in [0.25, 0.3) is 0 Å². The summed E-state index contributed by atoms with van der Waals surface area (Å²) < 4.78 is 91.5. The van der Waals surface area contributed by atoms with E-state index in [1.165, 1.54) is 18.2 Å². The molecular formula is C25H27F6N3O3. The summed E-state index contributed by atoms with van der Waals surface area (Å²) in [4.78, 5) is 14.6. The molecule has 0 saturated carbocycles. The molecule has 2 fully saturated rings. The summed E-state index contributed by atoms with van der Waals surface area (Å²) in [5, 5.41) is 5.27. The van der Waals surface area contributed by atoms with Crippen LogP contribution in [-0.2, 0) is 16.5 Å². The fourth-order valence-corrected chi connectivity index (χ4v) is 4.68. The van der Waals surface area contributed by atoms with Crippen molar-refractivity contribution in [2.75, 3.05) is 25.0 Å². The molecule has 0 spiro atoms. The topological polar surface area (TPSA) is 62.8 Å². The number of urea groups is 1. The molecule has 0 bridgehead atoms. The minimum Gasteiger partial charge on any atom is -0.473 e. The van der Waals surface area contributed by atoms with Gasteiger partial charge >= 0.3 is 18.4 Å². The molecule has 2 aromatic rings. The van der Waals surface area contributed by atoms with Crippen LogP contribution in [0.15, 0.2) is 48.5 Å². The van der Waals surface area contributed by atoms with Crippen molar-refractivity contribution in [1.82, 2.24) is 10.2 Å². The zero-order valence-corrected chi connectivity index (χ0v) is 20.0. The number of nitrogens with zero attached hydrogens (tertiary/aromatic N) is 1. The second-order valence-corrected chi connectivity index (χ2v) is 8.98. The largest absolute Gasteiger partial charge is 0.473 e. The maximum absolute atomic E-state index is 14.0. The van der Waals surface area contributed by atoms with E-state index in [1.807, 2.05) is 11.8 Å². The standard InChI is InChI=1S/C25H27F6N3O3/c1-2-34-14-5-7-19(33-22(35)32-17-11-9-16(10-12-17)24(26,27)28)21(34)37-20-8-4-3-6-18(20)23(13-15-36-23)25(29,30)31/h3-4,6,8-12,19,21H,2,5,7,13-15H2,1H3,(H2,32,33,35). The first-order valence-electron chi connectivity index (χ1n) is 11.9. The first-order chi connectivity index (χ1) is 17.4. The highest BCUT2D eigenvalue weighted by Crippen LogP contribution is 2.52. The molecule has 0 aliphatic carbocycles. The molecule has 2 aliphatic rings. The van der Waals surface area contributed by atoms with E-state index in [0.717, 1.165) is 24.3 Å². The van der Waals surface area contributed by atoms with Gasteiger partial charge in [-0.2, -0.15) is 26.3 Å². The minimum absolute atomic E-state index is 0.0137. The van der Waals surface area contributed by atoms with Crippen LogP contribution in [0.2, 0.25) is 0 Å². The maximum atomic E-state index is 14.0. The monoisotopic (exact) mass is 531 g/mol. The number of carbonyl (C=O) groups excluding carboxylic acids is 1. The Hall–Kier alpha value is -2.99. The molecule has 2 saturated heterocycles. The second kappa shape index (κ2) is 10.4. The first-order valence-corrected chi connectivity index (χ1v) is 11.9. The van der Waals surface area contributed by atoms with Gasteiger partial charge in [0.2, 0.25) is 0 Å². The molecule has 2 heterocycles. The Labute approximate surface area is 209 Å². The Morgan fingerprint density at radius 2 is 1.78 bits per heavy atom. The van der Waals surface area contributed by atoms with Gasteiger partial charge in [-0.3, -0.25) is 4.90 Å². The second-order valence-electron chi connectivity index (χ2n) is 8.98. The molecule has 3 atom stereocenters. The lowest BCUT2D eigenvalue weighted by Crippen LogP contribution is -2.59. The number of para-hydroxylation sites is 1. The Morgan fingerprint density at radius 1 is 1.11 bits per heavy atom. The number of carbonyl (C=O) groups is 1. The smallest absolute Gasteiger partial charge is 0.421 e. The summed E-state index contributed by atoms with van der Waals surface area (Å²) in [6, 6.07) is 8.58. The summed E-state index contributed by atoms with van der Waals surface area (Å²) in [5.74, 6) is 0.0137. The number of hydrogen-bond donors (Lipinski definition) is 2. The summed E-state index contributed by atoms with van der Waals surface area (Å²) in [5.41, 5.74) is -3.25. The number of ether oxygens (including phenoxy) is 2. The van der Waals surface area contributed by atoms with Gasteiger partial charge in [-0.25, -0.2) is 4.79 Å². The molecule has 2 N–H and O–H groups in total. The number of benzene rings is 2. The number of rotatable bonds is 6. The van der Waals surface area contributed by atoms with Gasteiger partial charge < -0.3 is 20.1 Å². The molecular weight excluding hydrogens is 504 g/mol. The lowest BCUT2D eigenvalue weighted by molar-refractivity contribution is -0.334. The number of alkyl halides is 6. The van der Waals surface area contributed by atoms with E-state index in [9.17, 15) is 31.1 Å². The van der Waals surface area contributed by atoms with Crippen molar-refractivity contribution >= 4 is 11.7 Å². The van der Waals surface area contributed by atoms with Gasteiger partial charge in [-0.1, -0.05) is 25.1 Å². The van der Waals surface area contributed by atoms with Gasteiger partial charge in [-0.05, 0) is 49.7 Å². The molecule has 2 aliphatic heterocycles. The van der Waals surface area contributed by atoms with E-state index >= 15 is 0 Å². The minimum atomic E-state index is -4.64. The van der Waals surface area contributed by atoms with Crippen LogP contribution in [0, 0.1) is 0 Å². The highest BCUT2D eigenvalue weighted by Gasteiger charge is 2.62. The average molecular weight is 531 g/mol. The van der Waals surface area contributed by atoms with Crippen LogP contribution >= 0.6 is 0 Å². The predicted molar refractivity (Wildman–Crippen MR) is 123 cm³/mol. The third-order valence-corrected chi connectivity index (χ3v) is 6.69. The number of amides is 2. The van der Waals surface area contributed by atoms with Crippen molar-refractivity contribution in [3.63, 3.8) is 0 Å². The fourth-order valence-electron chi connectivity index (χ4n) is 4.68. The zero-order chi connectivity index (χ0) is 26.8. The maximum Gasteiger partial charge on any atom is 0.421 e. The third-order valence-electron chi connectivity index (χ3n) is 6.69. The normalized spacial score (nSPS) is 24.7. The van der Waals surface area contributed by atoms with Crippen LogP contribution in [0.1, 0.15) is 37.3 Å². The van der Waals surface area contributed by atoms with Gasteiger partial charge in [0.1, 0.15) is 5.75 Å². The van der Waals surface area contributed by atoms with Gasteiger partial charge in [0.05, 0.1) is 18.2 Å². The van der Waals surface area contributed by atoms with E-state index in [-0.39, 0.29) is 30.0 Å². The highest BCUT2D eigenvalue weighted by atomic mass is 19.4. The quantitative estimate of drug-likeness (QED) is 0.456. The fraction of sp³-hybridized carbons (Fsp3) is 0.480. The van der Waals surface area contributed by atoms with Crippen LogP contribution in [0.5, 0.6) is 5.75 Å². The lowest BCUT2D eigenvalue weighted by atomic mass is 9.85. The third kappa shape index (κ3) is 5.64. The summed E-state index contributed by atoms with van der Waals surface area (Å²) in [7, 11) is 0. The van der Waals surface area contributed by atoms with Crippen LogP contribution in [0.25, 0.3) is 0 Å². The highest BCUT2D eigenvalue weighted by molar-refractivity contribution is 5.89. The molecule has 2 amide bonds. The van der Waals surface area contributed by atoms with Crippen LogP contribution in [0.4, 0.5) is 36.8 Å². The van der Waals surface area contributed by atoms with Crippen LogP contribution < -0.4 is 15.4 Å². The average Bonchev–Trinajstić information content (AvgIpc) is 2.79. The number of nitrogens with one attached hydrogen (secondary N) is 2. The lowest BCUT2D eigenvalue weighted by Gasteiger charge is -2.45. The van der Waals surface area contributed by atoms with Crippen molar-refractivity contribution in [1.29, 1.82) is 0 Å². The summed E-state index contributed by atoms with van der Waals surface area (Å²) in [6.45, 7) is 2.99. The molecule has 37 heavy (non-hydrogen) atoms. The van der Waals surface area contributed by atoms with E-state index in [0.29, 0.717) is 25.9 Å². The molecule has 4 rings (SSSR count). The van der Waals surface area contributed by atoms with Crippen molar-refractivity contribution in [3.05, 3.63) is 59.7 Å². The van der Waals surface area contributed by atoms with Crippen molar-refractivity contribution in [2.45, 2.75) is 56.4 Å². The number of hydrogen-bond acceptors (Lipinski definition) is 4. The Balaban J connectivity index is 1.52. The number of piperidine rings is 1. The number of anilines is 1. The number of halogens is 6. The van der Waals surface area contributed by atoms with E-state index < -0.39 is 41.8 Å². The van der Waals surface area contributed by atoms with Crippen molar-refractivity contribution < 1.29 is 40.6 Å². The van der Waals surface area contributed by atoms with Crippen molar-refractivity contribution in [2.24, 2.45) is 0 Å². The van der Waals surface area contributed by atoms with Crippen LogP contribution in [0.3, 0.4) is 0 Å². The molecule has 0 aromatic heterocycles. The summed E-state index contributed by atoms with van der Waals surface area (Å²) in [6.07, 6.45) is -8.94. The summed E-state index contributed by atoms with van der Waals surface area (Å²) >= 11 is 0. The van der Waals surface area contributed by atoms with E-state index in [4.69, 9.17) is 9.47 Å². The molecule has 2 aromatic carbocycles. The zero-order valence-electron chi connectivity index (χ0n) is 20.0. The van der Waals surface area contributed by atoms with Crippen molar-refractivity contribution in [3.8, 4) is 5.75 Å². The van der Waals surface area contributed by atoms with Crippen LogP contribution in [-0.4, -0.2) is 49.1 Å². The van der Waals surface area contributed by atoms with Gasteiger partial charge in [-0.15, -0.1) is 0 Å². The molecule has 12 heteroatoms. The number of likely N-dealkylation sites (N-methyl/N-ethyl adjacent to an activating group) is 1. The SMILES string of the molecule is CCN1CCCC(NC(=O)Nc2ccc(C(F)(F)F)cc2)C1Oc1ccccc1C1(C(F)(F)F)CCO1. The Bertz CT molecular complexity index is 1090. The predicted octanol–water partition coefficient (Wildman–Crippen LogP) is 5.89. The number of likely N-dealkylation sites (tertiary alicyclic amines) is 1.